The van der Waals surface area contributed by atoms with Crippen molar-refractivity contribution in [3.05, 3.63) is 39.4 Å². The molecule has 1 nitrogen and oxygen atoms in total. The summed E-state index contributed by atoms with van der Waals surface area (Å²) in [5, 5.41) is 0. The number of aryl methyl sites for hydroxylation is 1. The van der Waals surface area contributed by atoms with Crippen LogP contribution in [-0.4, -0.2) is 5.78 Å². The smallest absolute Gasteiger partial charge is 0.155 e. The number of hydrogen-bond acceptors (Lipinski definition) is 1. The Bertz CT molecular complexity index is 391. The molecule has 0 unspecified atom stereocenters. The summed E-state index contributed by atoms with van der Waals surface area (Å²) in [4.78, 5) is 11.0. The van der Waals surface area contributed by atoms with Crippen LogP contribution in [0.4, 0.5) is 0 Å². The SMILES string of the molecule is CC(=O)/C(C)=C/c1ccc(C)c(Br)c1. The zero-order chi connectivity index (χ0) is 10.7. The Morgan fingerprint density at radius 1 is 1.36 bits per heavy atom. The molecule has 0 N–H and O–H groups in total. The molecule has 1 aromatic rings. The Hall–Kier alpha value is -0.890. The molecule has 1 rings (SSSR count). The number of halogens is 1. The highest BCUT2D eigenvalue weighted by molar-refractivity contribution is 9.10. The number of allylic oxidation sites excluding steroid dienone is 1. The van der Waals surface area contributed by atoms with Crippen LogP contribution in [0.5, 0.6) is 0 Å². The second-order valence-electron chi connectivity index (χ2n) is 3.39. The summed E-state index contributed by atoms with van der Waals surface area (Å²) in [5.41, 5.74) is 3.03. The minimum atomic E-state index is 0.113. The maximum Gasteiger partial charge on any atom is 0.155 e. The van der Waals surface area contributed by atoms with E-state index in [4.69, 9.17) is 0 Å². The average molecular weight is 253 g/mol. The molecule has 0 bridgehead atoms. The fourth-order valence-electron chi connectivity index (χ4n) is 1.05. The van der Waals surface area contributed by atoms with Gasteiger partial charge in [0.15, 0.2) is 5.78 Å². The van der Waals surface area contributed by atoms with Crippen molar-refractivity contribution < 1.29 is 4.79 Å². The molecule has 0 atom stereocenters. The van der Waals surface area contributed by atoms with Gasteiger partial charge in [-0.3, -0.25) is 4.79 Å². The van der Waals surface area contributed by atoms with Crippen molar-refractivity contribution >= 4 is 27.8 Å². The minimum Gasteiger partial charge on any atom is -0.295 e. The molecule has 0 heterocycles. The van der Waals surface area contributed by atoms with Crippen LogP contribution in [0, 0.1) is 6.92 Å². The number of carbonyl (C=O) groups excluding carboxylic acids is 1. The quantitative estimate of drug-likeness (QED) is 0.733. The van der Waals surface area contributed by atoms with Gasteiger partial charge in [0.1, 0.15) is 0 Å². The molecule has 0 saturated heterocycles. The van der Waals surface area contributed by atoms with Gasteiger partial charge in [0.2, 0.25) is 0 Å². The summed E-state index contributed by atoms with van der Waals surface area (Å²) in [5.74, 6) is 0.113. The summed E-state index contributed by atoms with van der Waals surface area (Å²) < 4.78 is 1.07. The van der Waals surface area contributed by atoms with Crippen LogP contribution in [0.3, 0.4) is 0 Å². The van der Waals surface area contributed by atoms with E-state index in [1.54, 1.807) is 6.92 Å². The van der Waals surface area contributed by atoms with E-state index in [2.05, 4.69) is 15.9 Å². The van der Waals surface area contributed by atoms with Gasteiger partial charge >= 0.3 is 0 Å². The van der Waals surface area contributed by atoms with E-state index in [0.717, 1.165) is 15.6 Å². The number of Topliss-reactive ketones (excluding diaryl/α,β-unsaturated/α-hetero) is 1. The first kappa shape index (κ1) is 11.2. The van der Waals surface area contributed by atoms with Crippen molar-refractivity contribution in [2.24, 2.45) is 0 Å². The van der Waals surface area contributed by atoms with Crippen LogP contribution in [0.15, 0.2) is 28.2 Å². The molecule has 0 aliphatic rings. The van der Waals surface area contributed by atoms with Gasteiger partial charge in [-0.15, -0.1) is 0 Å². The number of carbonyl (C=O) groups is 1. The third kappa shape index (κ3) is 2.81. The lowest BCUT2D eigenvalue weighted by Crippen LogP contribution is -1.90. The normalized spacial score (nSPS) is 11.6. The molecule has 0 amide bonds. The predicted octanol–water partition coefficient (Wildman–Crippen LogP) is 3.75. The van der Waals surface area contributed by atoms with E-state index in [-0.39, 0.29) is 5.78 Å². The first-order valence-corrected chi connectivity index (χ1v) is 5.25. The van der Waals surface area contributed by atoms with Gasteiger partial charge in [0, 0.05) is 4.47 Å². The molecule has 0 saturated carbocycles. The Labute approximate surface area is 93.0 Å². The molecular formula is C12H13BrO. The maximum absolute atomic E-state index is 11.0. The molecule has 1 aromatic carbocycles. The fourth-order valence-corrected chi connectivity index (χ4v) is 1.45. The highest BCUT2D eigenvalue weighted by atomic mass is 79.9. The Kier molecular flexibility index (Phi) is 3.64. The number of benzene rings is 1. The van der Waals surface area contributed by atoms with Crippen LogP contribution in [0.25, 0.3) is 6.08 Å². The average Bonchev–Trinajstić information content (AvgIpc) is 2.11. The van der Waals surface area contributed by atoms with E-state index >= 15 is 0 Å². The third-order valence-electron chi connectivity index (χ3n) is 2.13. The maximum atomic E-state index is 11.0. The molecule has 0 fully saturated rings. The molecule has 0 spiro atoms. The van der Waals surface area contributed by atoms with Crippen LogP contribution in [0.1, 0.15) is 25.0 Å². The third-order valence-corrected chi connectivity index (χ3v) is 2.99. The minimum absolute atomic E-state index is 0.113. The Morgan fingerprint density at radius 3 is 2.50 bits per heavy atom. The topological polar surface area (TPSA) is 17.1 Å². The van der Waals surface area contributed by atoms with Crippen molar-refractivity contribution in [3.8, 4) is 0 Å². The van der Waals surface area contributed by atoms with Gasteiger partial charge in [-0.1, -0.05) is 28.1 Å². The molecule has 2 heteroatoms. The largest absolute Gasteiger partial charge is 0.295 e. The van der Waals surface area contributed by atoms with Crippen LogP contribution in [-0.2, 0) is 4.79 Å². The van der Waals surface area contributed by atoms with E-state index in [0.29, 0.717) is 0 Å². The molecule has 0 aliphatic carbocycles. The van der Waals surface area contributed by atoms with Crippen LogP contribution < -0.4 is 0 Å². The first-order valence-electron chi connectivity index (χ1n) is 4.46. The second-order valence-corrected chi connectivity index (χ2v) is 4.25. The fraction of sp³-hybridized carbons (Fsp3) is 0.250. The molecule has 0 radical (unpaired) electrons. The zero-order valence-corrected chi connectivity index (χ0v) is 10.2. The van der Waals surface area contributed by atoms with E-state index in [1.807, 2.05) is 38.1 Å². The monoisotopic (exact) mass is 252 g/mol. The van der Waals surface area contributed by atoms with Crippen molar-refractivity contribution in [1.82, 2.24) is 0 Å². The standard InChI is InChI=1S/C12H13BrO/c1-8-4-5-11(7-12(8)13)6-9(2)10(3)14/h4-7H,1-3H3/b9-6+. The summed E-state index contributed by atoms with van der Waals surface area (Å²) in [6.45, 7) is 5.45. The van der Waals surface area contributed by atoms with Gasteiger partial charge in [-0.25, -0.2) is 0 Å². The molecule has 0 aliphatic heterocycles. The Morgan fingerprint density at radius 2 is 2.00 bits per heavy atom. The van der Waals surface area contributed by atoms with Crippen LogP contribution >= 0.6 is 15.9 Å². The van der Waals surface area contributed by atoms with Crippen molar-refractivity contribution in [2.75, 3.05) is 0 Å². The number of hydrogen-bond donors (Lipinski definition) is 0. The number of rotatable bonds is 2. The summed E-state index contributed by atoms with van der Waals surface area (Å²) >= 11 is 3.46. The van der Waals surface area contributed by atoms with Gasteiger partial charge in [0.05, 0.1) is 0 Å². The van der Waals surface area contributed by atoms with E-state index < -0.39 is 0 Å². The van der Waals surface area contributed by atoms with Crippen molar-refractivity contribution in [1.29, 1.82) is 0 Å². The molecule has 14 heavy (non-hydrogen) atoms. The second kappa shape index (κ2) is 4.56. The van der Waals surface area contributed by atoms with Crippen molar-refractivity contribution in [2.45, 2.75) is 20.8 Å². The van der Waals surface area contributed by atoms with Crippen LogP contribution in [0.2, 0.25) is 0 Å². The predicted molar refractivity (Wildman–Crippen MR) is 63.2 cm³/mol. The number of ketones is 1. The summed E-state index contributed by atoms with van der Waals surface area (Å²) in [6, 6.07) is 6.05. The summed E-state index contributed by atoms with van der Waals surface area (Å²) in [6.07, 6.45) is 1.90. The van der Waals surface area contributed by atoms with E-state index in [1.165, 1.54) is 5.56 Å². The van der Waals surface area contributed by atoms with E-state index in [9.17, 15) is 4.79 Å². The van der Waals surface area contributed by atoms with Gasteiger partial charge in [-0.2, -0.15) is 0 Å². The lowest BCUT2D eigenvalue weighted by atomic mass is 10.1. The lowest BCUT2D eigenvalue weighted by molar-refractivity contribution is -0.113. The molecule has 0 aromatic heterocycles. The van der Waals surface area contributed by atoms with Gasteiger partial charge in [0.25, 0.3) is 0 Å². The van der Waals surface area contributed by atoms with Gasteiger partial charge < -0.3 is 0 Å². The first-order chi connectivity index (χ1) is 6.50. The molecular weight excluding hydrogens is 240 g/mol. The highest BCUT2D eigenvalue weighted by Crippen LogP contribution is 2.19. The summed E-state index contributed by atoms with van der Waals surface area (Å²) in [7, 11) is 0. The Balaban J connectivity index is 3.04. The molecule has 74 valence electrons. The lowest BCUT2D eigenvalue weighted by Gasteiger charge is -2.00. The highest BCUT2D eigenvalue weighted by Gasteiger charge is 1.98. The van der Waals surface area contributed by atoms with Crippen molar-refractivity contribution in [3.63, 3.8) is 0 Å². The zero-order valence-electron chi connectivity index (χ0n) is 8.60. The van der Waals surface area contributed by atoms with Gasteiger partial charge in [-0.05, 0) is 49.6 Å².